The highest BCUT2D eigenvalue weighted by atomic mass is 35.5. The van der Waals surface area contributed by atoms with E-state index in [0.717, 1.165) is 20.8 Å². The molecule has 1 aliphatic rings. The molecule has 0 aromatic rings. The topological polar surface area (TPSA) is 124 Å². The average molecular weight is 423 g/mol. The molecule has 0 aliphatic carbocycles. The fraction of sp³-hybridized carbons (Fsp3) is 0.647. The standard InChI is InChI=1S/C17H23ClO10/c1-6-13(18)28-17-16(26-11(5)22)15(25-10(4)21)14(24-9(3)20)12(27-17)7-23-8(2)19/h6,12-17H,1,7H2,2-5H3/t12-,13?,14+,15+,16-,17-/m1/s1. The monoisotopic (exact) mass is 422 g/mol. The number of hydrogen-bond acceptors (Lipinski definition) is 10. The van der Waals surface area contributed by atoms with Crippen molar-refractivity contribution in [2.45, 2.75) is 64.0 Å². The third-order valence-electron chi connectivity index (χ3n) is 3.40. The summed E-state index contributed by atoms with van der Waals surface area (Å²) in [6.45, 7) is 7.67. The fourth-order valence-electron chi connectivity index (χ4n) is 2.48. The second kappa shape index (κ2) is 11.0. The number of halogens is 1. The van der Waals surface area contributed by atoms with Crippen LogP contribution in [0.25, 0.3) is 0 Å². The Labute approximate surface area is 167 Å². The Morgan fingerprint density at radius 1 is 0.929 bits per heavy atom. The number of rotatable bonds is 8. The largest absolute Gasteiger partial charge is 0.463 e. The molecule has 28 heavy (non-hydrogen) atoms. The zero-order chi connectivity index (χ0) is 21.4. The highest BCUT2D eigenvalue weighted by Crippen LogP contribution is 2.30. The Bertz CT molecular complexity index is 607. The number of carbonyl (C=O) groups excluding carboxylic acids is 4. The highest BCUT2D eigenvalue weighted by molar-refractivity contribution is 6.20. The predicted octanol–water partition coefficient (Wildman–Crippen LogP) is 0.837. The van der Waals surface area contributed by atoms with Crippen molar-refractivity contribution in [2.24, 2.45) is 0 Å². The zero-order valence-electron chi connectivity index (χ0n) is 15.9. The normalized spacial score (nSPS) is 27.8. The summed E-state index contributed by atoms with van der Waals surface area (Å²) in [5, 5.41) is 0. The van der Waals surface area contributed by atoms with Gasteiger partial charge in [0.25, 0.3) is 0 Å². The summed E-state index contributed by atoms with van der Waals surface area (Å²) in [7, 11) is 0. The lowest BCUT2D eigenvalue weighted by atomic mass is 9.98. The van der Waals surface area contributed by atoms with Gasteiger partial charge in [0, 0.05) is 27.7 Å². The molecule has 0 spiro atoms. The van der Waals surface area contributed by atoms with Gasteiger partial charge in [-0.1, -0.05) is 18.2 Å². The van der Waals surface area contributed by atoms with E-state index < -0.39 is 60.1 Å². The first kappa shape index (κ1) is 23.9. The molecule has 0 aromatic carbocycles. The van der Waals surface area contributed by atoms with Crippen LogP contribution in [0.4, 0.5) is 0 Å². The second-order valence-electron chi connectivity index (χ2n) is 5.79. The van der Waals surface area contributed by atoms with E-state index in [1.165, 1.54) is 13.0 Å². The molecule has 10 nitrogen and oxygen atoms in total. The van der Waals surface area contributed by atoms with Gasteiger partial charge in [0.05, 0.1) is 0 Å². The summed E-state index contributed by atoms with van der Waals surface area (Å²) >= 11 is 5.91. The van der Waals surface area contributed by atoms with Gasteiger partial charge in [0.15, 0.2) is 23.9 Å². The van der Waals surface area contributed by atoms with Crippen LogP contribution < -0.4 is 0 Å². The average Bonchev–Trinajstić information content (AvgIpc) is 2.57. The fourth-order valence-corrected chi connectivity index (χ4v) is 2.58. The molecule has 1 fully saturated rings. The summed E-state index contributed by atoms with van der Waals surface area (Å²) in [5.41, 5.74) is -1.04. The smallest absolute Gasteiger partial charge is 0.303 e. The van der Waals surface area contributed by atoms with Crippen LogP contribution in [0.3, 0.4) is 0 Å². The van der Waals surface area contributed by atoms with Gasteiger partial charge in [-0.25, -0.2) is 0 Å². The molecule has 0 saturated carbocycles. The lowest BCUT2D eigenvalue weighted by Gasteiger charge is -2.44. The molecule has 1 rings (SSSR count). The van der Waals surface area contributed by atoms with Crippen molar-refractivity contribution >= 4 is 35.5 Å². The van der Waals surface area contributed by atoms with Gasteiger partial charge < -0.3 is 28.4 Å². The van der Waals surface area contributed by atoms with E-state index in [-0.39, 0.29) is 6.61 Å². The second-order valence-corrected chi connectivity index (χ2v) is 6.22. The van der Waals surface area contributed by atoms with Crippen LogP contribution in [0.15, 0.2) is 12.7 Å². The van der Waals surface area contributed by atoms with Crippen LogP contribution in [0.5, 0.6) is 0 Å². The van der Waals surface area contributed by atoms with E-state index in [1.807, 2.05) is 0 Å². The lowest BCUT2D eigenvalue weighted by Crippen LogP contribution is -2.63. The maximum atomic E-state index is 11.6. The van der Waals surface area contributed by atoms with Gasteiger partial charge >= 0.3 is 23.9 Å². The Hall–Kier alpha value is -2.17. The van der Waals surface area contributed by atoms with Crippen LogP contribution in [-0.4, -0.2) is 66.8 Å². The number of hydrogen-bond donors (Lipinski definition) is 0. The van der Waals surface area contributed by atoms with Crippen LogP contribution >= 0.6 is 11.6 Å². The van der Waals surface area contributed by atoms with Gasteiger partial charge in [0.1, 0.15) is 12.7 Å². The molecule has 0 N–H and O–H groups in total. The summed E-state index contributed by atoms with van der Waals surface area (Å²) in [4.78, 5) is 45.9. The molecule has 1 aliphatic heterocycles. The Morgan fingerprint density at radius 3 is 1.89 bits per heavy atom. The molecule has 11 heteroatoms. The first-order chi connectivity index (χ1) is 13.0. The first-order valence-electron chi connectivity index (χ1n) is 8.27. The van der Waals surface area contributed by atoms with Gasteiger partial charge in [-0.15, -0.1) is 0 Å². The van der Waals surface area contributed by atoms with Gasteiger partial charge in [-0.3, -0.25) is 19.2 Å². The van der Waals surface area contributed by atoms with Crippen molar-refractivity contribution in [1.82, 2.24) is 0 Å². The van der Waals surface area contributed by atoms with E-state index in [1.54, 1.807) is 0 Å². The molecule has 158 valence electrons. The molecule has 1 unspecified atom stereocenters. The van der Waals surface area contributed by atoms with Gasteiger partial charge in [-0.05, 0) is 6.08 Å². The molecule has 1 heterocycles. The predicted molar refractivity (Wildman–Crippen MR) is 92.9 cm³/mol. The molecule has 0 aromatic heterocycles. The summed E-state index contributed by atoms with van der Waals surface area (Å²) in [6.07, 6.45) is -5.06. The minimum Gasteiger partial charge on any atom is -0.463 e. The van der Waals surface area contributed by atoms with Gasteiger partial charge in [-0.2, -0.15) is 0 Å². The summed E-state index contributed by atoms with van der Waals surface area (Å²) < 4.78 is 31.7. The molecule has 0 amide bonds. The van der Waals surface area contributed by atoms with Crippen LogP contribution in [0.2, 0.25) is 0 Å². The minimum atomic E-state index is -1.33. The number of carbonyl (C=O) groups is 4. The molecule has 0 bridgehead atoms. The number of alkyl halides is 1. The van der Waals surface area contributed by atoms with Crippen molar-refractivity contribution in [3.05, 3.63) is 12.7 Å². The number of esters is 4. The van der Waals surface area contributed by atoms with E-state index in [0.29, 0.717) is 0 Å². The Balaban J connectivity index is 3.30. The number of ether oxygens (including phenoxy) is 6. The lowest BCUT2D eigenvalue weighted by molar-refractivity contribution is -0.308. The van der Waals surface area contributed by atoms with Crippen molar-refractivity contribution in [2.75, 3.05) is 6.61 Å². The summed E-state index contributed by atoms with van der Waals surface area (Å²) in [5.74, 6) is -2.81. The Kier molecular flexibility index (Phi) is 9.36. The molecule has 0 radical (unpaired) electrons. The van der Waals surface area contributed by atoms with E-state index >= 15 is 0 Å². The van der Waals surface area contributed by atoms with E-state index in [2.05, 4.69) is 6.58 Å². The van der Waals surface area contributed by atoms with Crippen molar-refractivity contribution in [3.8, 4) is 0 Å². The van der Waals surface area contributed by atoms with Crippen LogP contribution in [0, 0.1) is 0 Å². The quantitative estimate of drug-likeness (QED) is 0.240. The molecular formula is C17H23ClO10. The molecule has 1 saturated heterocycles. The SMILES string of the molecule is C=CC(Cl)O[C@H]1O[C@H](COC(C)=O)[C@H](OC(C)=O)[C@H](OC(C)=O)[C@H]1OC(C)=O. The first-order valence-corrected chi connectivity index (χ1v) is 8.71. The van der Waals surface area contributed by atoms with Crippen molar-refractivity contribution in [1.29, 1.82) is 0 Å². The van der Waals surface area contributed by atoms with Crippen molar-refractivity contribution in [3.63, 3.8) is 0 Å². The maximum Gasteiger partial charge on any atom is 0.303 e. The summed E-state index contributed by atoms with van der Waals surface area (Å²) in [6, 6.07) is 0. The molecule has 6 atom stereocenters. The van der Waals surface area contributed by atoms with Crippen molar-refractivity contribution < 1.29 is 47.6 Å². The zero-order valence-corrected chi connectivity index (χ0v) is 16.7. The Morgan fingerprint density at radius 2 is 1.43 bits per heavy atom. The van der Waals surface area contributed by atoms with E-state index in [9.17, 15) is 19.2 Å². The third kappa shape index (κ3) is 7.45. The third-order valence-corrected chi connectivity index (χ3v) is 3.68. The van der Waals surface area contributed by atoms with Crippen LogP contribution in [0.1, 0.15) is 27.7 Å². The van der Waals surface area contributed by atoms with E-state index in [4.69, 9.17) is 40.0 Å². The van der Waals surface area contributed by atoms with Crippen LogP contribution in [-0.2, 0) is 47.6 Å². The highest BCUT2D eigenvalue weighted by Gasteiger charge is 2.53. The van der Waals surface area contributed by atoms with Gasteiger partial charge in [0.2, 0.25) is 6.29 Å². The maximum absolute atomic E-state index is 11.6. The molecular weight excluding hydrogens is 400 g/mol. The minimum absolute atomic E-state index is 0.348.